The molecule has 1 aliphatic rings. The van der Waals surface area contributed by atoms with Crippen molar-refractivity contribution in [3.05, 3.63) is 35.9 Å². The Morgan fingerprint density at radius 2 is 2.00 bits per heavy atom. The van der Waals surface area contributed by atoms with Crippen molar-refractivity contribution in [1.29, 1.82) is 0 Å². The molecule has 110 valence electrons. The van der Waals surface area contributed by atoms with E-state index in [9.17, 15) is 4.79 Å². The van der Waals surface area contributed by atoms with Crippen molar-refractivity contribution in [3.63, 3.8) is 0 Å². The Balaban J connectivity index is 1.99. The summed E-state index contributed by atoms with van der Waals surface area (Å²) < 4.78 is 0. The molecule has 1 aromatic rings. The molecule has 0 radical (unpaired) electrons. The van der Waals surface area contributed by atoms with E-state index in [-0.39, 0.29) is 23.9 Å². The second-order valence-electron chi connectivity index (χ2n) is 6.28. The first-order valence-corrected chi connectivity index (χ1v) is 7.60. The lowest BCUT2D eigenvalue weighted by Gasteiger charge is -2.28. The normalized spacial score (nSPS) is 24.1. The zero-order chi connectivity index (χ0) is 14.7. The summed E-state index contributed by atoms with van der Waals surface area (Å²) >= 11 is 0. The summed E-state index contributed by atoms with van der Waals surface area (Å²) in [6, 6.07) is 10.4. The summed E-state index contributed by atoms with van der Waals surface area (Å²) in [7, 11) is 0. The summed E-state index contributed by atoms with van der Waals surface area (Å²) in [6.07, 6.45) is 2.12. The highest BCUT2D eigenvalue weighted by Gasteiger charge is 2.36. The van der Waals surface area contributed by atoms with E-state index >= 15 is 0 Å². The largest absolute Gasteiger partial charge is 0.338 e. The third-order valence-corrected chi connectivity index (χ3v) is 4.54. The first kappa shape index (κ1) is 15.0. The van der Waals surface area contributed by atoms with Gasteiger partial charge < -0.3 is 10.6 Å². The van der Waals surface area contributed by atoms with Crippen molar-refractivity contribution >= 4 is 5.91 Å². The molecule has 0 spiro atoms. The number of hydrogen-bond donors (Lipinski definition) is 1. The van der Waals surface area contributed by atoms with Gasteiger partial charge in [-0.05, 0) is 37.2 Å². The molecule has 0 saturated carbocycles. The quantitative estimate of drug-likeness (QED) is 0.916. The summed E-state index contributed by atoms with van der Waals surface area (Å²) in [5.74, 6) is 0.853. The van der Waals surface area contributed by atoms with Crippen molar-refractivity contribution in [2.75, 3.05) is 6.54 Å². The van der Waals surface area contributed by atoms with Gasteiger partial charge in [-0.15, -0.1) is 0 Å². The molecule has 3 atom stereocenters. The maximum absolute atomic E-state index is 12.4. The fraction of sp³-hybridized carbons (Fsp3) is 0.588. The molecule has 1 saturated heterocycles. The van der Waals surface area contributed by atoms with Crippen molar-refractivity contribution in [3.8, 4) is 0 Å². The molecule has 1 fully saturated rings. The van der Waals surface area contributed by atoms with E-state index in [0.717, 1.165) is 19.4 Å². The number of rotatable bonds is 4. The molecule has 2 N–H and O–H groups in total. The Hall–Kier alpha value is -1.35. The fourth-order valence-electron chi connectivity index (χ4n) is 2.98. The van der Waals surface area contributed by atoms with Gasteiger partial charge in [0.25, 0.3) is 0 Å². The van der Waals surface area contributed by atoms with Gasteiger partial charge in [0, 0.05) is 12.6 Å². The molecule has 3 nitrogen and oxygen atoms in total. The lowest BCUT2D eigenvalue weighted by molar-refractivity contribution is -0.134. The Kier molecular flexibility index (Phi) is 4.81. The number of amides is 1. The summed E-state index contributed by atoms with van der Waals surface area (Å²) in [4.78, 5) is 14.4. The van der Waals surface area contributed by atoms with E-state index in [0.29, 0.717) is 5.92 Å². The maximum Gasteiger partial charge on any atom is 0.239 e. The predicted octanol–water partition coefficient (Wildman–Crippen LogP) is 2.45. The zero-order valence-electron chi connectivity index (χ0n) is 12.8. The van der Waals surface area contributed by atoms with Crippen LogP contribution in [0.25, 0.3) is 0 Å². The maximum atomic E-state index is 12.4. The second kappa shape index (κ2) is 6.40. The number of likely N-dealkylation sites (tertiary alicyclic amines) is 1. The van der Waals surface area contributed by atoms with Crippen LogP contribution >= 0.6 is 0 Å². The minimum atomic E-state index is -0.368. The van der Waals surface area contributed by atoms with Crippen LogP contribution in [0.3, 0.4) is 0 Å². The Morgan fingerprint density at radius 3 is 2.60 bits per heavy atom. The molecule has 20 heavy (non-hydrogen) atoms. The highest BCUT2D eigenvalue weighted by molar-refractivity contribution is 5.82. The minimum Gasteiger partial charge on any atom is -0.338 e. The van der Waals surface area contributed by atoms with Crippen molar-refractivity contribution in [1.82, 2.24) is 4.90 Å². The van der Waals surface area contributed by atoms with Gasteiger partial charge in [-0.3, -0.25) is 4.79 Å². The SMILES string of the molecule is CC(C)[C@H](N)C(=O)N1CC[C@H](Cc2ccccc2)[C@@H]1C. The molecule has 0 aromatic heterocycles. The monoisotopic (exact) mass is 274 g/mol. The highest BCUT2D eigenvalue weighted by Crippen LogP contribution is 2.28. The summed E-state index contributed by atoms with van der Waals surface area (Å²) in [5, 5.41) is 0. The van der Waals surface area contributed by atoms with Crippen LogP contribution in [0, 0.1) is 11.8 Å². The van der Waals surface area contributed by atoms with Crippen LogP contribution in [-0.2, 0) is 11.2 Å². The smallest absolute Gasteiger partial charge is 0.239 e. The molecular formula is C17H26N2O. The van der Waals surface area contributed by atoms with Gasteiger partial charge in [0.05, 0.1) is 6.04 Å². The first-order chi connectivity index (χ1) is 9.50. The minimum absolute atomic E-state index is 0.114. The van der Waals surface area contributed by atoms with Gasteiger partial charge in [0.15, 0.2) is 0 Å². The summed E-state index contributed by atoms with van der Waals surface area (Å²) in [6.45, 7) is 7.01. The molecule has 3 heteroatoms. The van der Waals surface area contributed by atoms with E-state index in [4.69, 9.17) is 5.73 Å². The molecule has 1 aromatic carbocycles. The first-order valence-electron chi connectivity index (χ1n) is 7.60. The van der Waals surface area contributed by atoms with E-state index < -0.39 is 0 Å². The molecule has 0 unspecified atom stereocenters. The summed E-state index contributed by atoms with van der Waals surface area (Å²) in [5.41, 5.74) is 7.36. The van der Waals surface area contributed by atoms with Crippen LogP contribution in [-0.4, -0.2) is 29.4 Å². The van der Waals surface area contributed by atoms with Gasteiger partial charge in [0.2, 0.25) is 5.91 Å². The van der Waals surface area contributed by atoms with E-state index in [1.54, 1.807) is 0 Å². The molecule has 1 aliphatic heterocycles. The van der Waals surface area contributed by atoms with Gasteiger partial charge in [-0.1, -0.05) is 44.2 Å². The van der Waals surface area contributed by atoms with Gasteiger partial charge >= 0.3 is 0 Å². The van der Waals surface area contributed by atoms with E-state index in [2.05, 4.69) is 31.2 Å². The molecule has 1 heterocycles. The zero-order valence-corrected chi connectivity index (χ0v) is 12.8. The molecule has 0 aliphatic carbocycles. The van der Waals surface area contributed by atoms with Gasteiger partial charge in [-0.25, -0.2) is 0 Å². The Morgan fingerprint density at radius 1 is 1.35 bits per heavy atom. The third-order valence-electron chi connectivity index (χ3n) is 4.54. The van der Waals surface area contributed by atoms with Gasteiger partial charge in [0.1, 0.15) is 0 Å². The van der Waals surface area contributed by atoms with Crippen LogP contribution < -0.4 is 5.73 Å². The second-order valence-corrected chi connectivity index (χ2v) is 6.28. The highest BCUT2D eigenvalue weighted by atomic mass is 16.2. The van der Waals surface area contributed by atoms with Crippen molar-refractivity contribution in [2.45, 2.75) is 45.7 Å². The predicted molar refractivity (Wildman–Crippen MR) is 82.2 cm³/mol. The van der Waals surface area contributed by atoms with Crippen molar-refractivity contribution < 1.29 is 4.79 Å². The van der Waals surface area contributed by atoms with Crippen LogP contribution in [0.5, 0.6) is 0 Å². The molecular weight excluding hydrogens is 248 g/mol. The standard InChI is InChI=1S/C17H26N2O/c1-12(2)16(18)17(20)19-10-9-15(13(19)3)11-14-7-5-4-6-8-14/h4-8,12-13,15-16H,9-11,18H2,1-3H3/t13-,15+,16-/m0/s1. The van der Waals surface area contributed by atoms with Crippen LogP contribution in [0.15, 0.2) is 30.3 Å². The average molecular weight is 274 g/mol. The van der Waals surface area contributed by atoms with Crippen molar-refractivity contribution in [2.24, 2.45) is 17.6 Å². The molecule has 1 amide bonds. The lowest BCUT2D eigenvalue weighted by atomic mass is 9.93. The number of nitrogens with zero attached hydrogens (tertiary/aromatic N) is 1. The molecule has 0 bridgehead atoms. The topological polar surface area (TPSA) is 46.3 Å². The van der Waals surface area contributed by atoms with E-state index in [1.165, 1.54) is 5.56 Å². The fourth-order valence-corrected chi connectivity index (χ4v) is 2.98. The third kappa shape index (κ3) is 3.21. The number of benzene rings is 1. The number of nitrogens with two attached hydrogens (primary N) is 1. The van der Waals surface area contributed by atoms with Gasteiger partial charge in [-0.2, -0.15) is 0 Å². The number of carbonyl (C=O) groups is 1. The lowest BCUT2D eigenvalue weighted by Crippen LogP contribution is -2.48. The average Bonchev–Trinajstić information content (AvgIpc) is 2.80. The number of hydrogen-bond acceptors (Lipinski definition) is 2. The molecule has 2 rings (SSSR count). The van der Waals surface area contributed by atoms with Crippen LogP contribution in [0.4, 0.5) is 0 Å². The Labute approximate surface area is 122 Å². The van der Waals surface area contributed by atoms with Crippen LogP contribution in [0.1, 0.15) is 32.8 Å². The van der Waals surface area contributed by atoms with E-state index in [1.807, 2.05) is 24.8 Å². The number of carbonyl (C=O) groups excluding carboxylic acids is 1. The Bertz CT molecular complexity index is 444. The van der Waals surface area contributed by atoms with Crippen LogP contribution in [0.2, 0.25) is 0 Å².